The quantitative estimate of drug-likeness (QED) is 0.877. The summed E-state index contributed by atoms with van der Waals surface area (Å²) in [6.07, 6.45) is 0.861. The number of ether oxygens (including phenoxy) is 1. The summed E-state index contributed by atoms with van der Waals surface area (Å²) in [4.78, 5) is 4.75. The Bertz CT molecular complexity index is 566. The first-order chi connectivity index (χ1) is 9.56. The maximum Gasteiger partial charge on any atom is 0.0778 e. The molecule has 0 bridgehead atoms. The van der Waals surface area contributed by atoms with E-state index in [0.29, 0.717) is 0 Å². The molecule has 0 aliphatic heterocycles. The van der Waals surface area contributed by atoms with E-state index in [1.807, 2.05) is 12.1 Å². The Balaban J connectivity index is 2.24. The second kappa shape index (κ2) is 6.33. The van der Waals surface area contributed by atoms with Gasteiger partial charge in [-0.2, -0.15) is 0 Å². The molecule has 1 unspecified atom stereocenters. The first kappa shape index (κ1) is 14.9. The minimum absolute atomic E-state index is 0.219. The van der Waals surface area contributed by atoms with Crippen LogP contribution >= 0.6 is 0 Å². The molecule has 0 amide bonds. The Hall–Kier alpha value is -1.45. The standard InChI is InChI=1S/C17H24N2O/c1-5-18-16(17(2,3)20-4)12-14-11-10-13-8-6-7-9-15(13)19-14/h6-11,16,18H,5,12H2,1-4H3. The lowest BCUT2D eigenvalue weighted by molar-refractivity contribution is -0.00983. The van der Waals surface area contributed by atoms with Crippen molar-refractivity contribution in [2.24, 2.45) is 0 Å². The van der Waals surface area contributed by atoms with Gasteiger partial charge in [0.15, 0.2) is 0 Å². The molecule has 3 heteroatoms. The van der Waals surface area contributed by atoms with Crippen molar-refractivity contribution in [3.05, 3.63) is 42.1 Å². The van der Waals surface area contributed by atoms with E-state index in [0.717, 1.165) is 24.2 Å². The van der Waals surface area contributed by atoms with Gasteiger partial charge in [-0.25, -0.2) is 0 Å². The lowest BCUT2D eigenvalue weighted by atomic mass is 9.93. The second-order valence-electron chi connectivity index (χ2n) is 5.62. The van der Waals surface area contributed by atoms with Gasteiger partial charge in [-0.05, 0) is 32.5 Å². The van der Waals surface area contributed by atoms with Crippen molar-refractivity contribution in [1.29, 1.82) is 0 Å². The van der Waals surface area contributed by atoms with Gasteiger partial charge in [-0.15, -0.1) is 0 Å². The molecule has 0 spiro atoms. The summed E-state index contributed by atoms with van der Waals surface area (Å²) >= 11 is 0. The first-order valence-electron chi connectivity index (χ1n) is 7.20. The highest BCUT2D eigenvalue weighted by Gasteiger charge is 2.29. The largest absolute Gasteiger partial charge is 0.377 e. The number of pyridine rings is 1. The van der Waals surface area contributed by atoms with Crippen LogP contribution in [0.25, 0.3) is 10.9 Å². The molecule has 20 heavy (non-hydrogen) atoms. The van der Waals surface area contributed by atoms with E-state index in [2.05, 4.69) is 50.4 Å². The number of hydrogen-bond donors (Lipinski definition) is 1. The normalized spacial score (nSPS) is 13.6. The molecule has 1 atom stereocenters. The van der Waals surface area contributed by atoms with Crippen molar-refractivity contribution < 1.29 is 4.74 Å². The first-order valence-corrected chi connectivity index (χ1v) is 7.20. The number of aromatic nitrogens is 1. The average Bonchev–Trinajstić information content (AvgIpc) is 2.46. The molecular weight excluding hydrogens is 248 g/mol. The number of likely N-dealkylation sites (N-methyl/N-ethyl adjacent to an activating group) is 1. The van der Waals surface area contributed by atoms with Crippen LogP contribution in [0, 0.1) is 0 Å². The molecule has 0 saturated heterocycles. The summed E-state index contributed by atoms with van der Waals surface area (Å²) in [5.74, 6) is 0. The van der Waals surface area contributed by atoms with E-state index in [4.69, 9.17) is 9.72 Å². The molecule has 0 fully saturated rings. The van der Waals surface area contributed by atoms with Crippen LogP contribution in [0.2, 0.25) is 0 Å². The molecule has 2 rings (SSSR count). The zero-order valence-electron chi connectivity index (χ0n) is 12.8. The summed E-state index contributed by atoms with van der Waals surface area (Å²) in [7, 11) is 1.76. The lowest BCUT2D eigenvalue weighted by Gasteiger charge is -2.33. The monoisotopic (exact) mass is 272 g/mol. The van der Waals surface area contributed by atoms with Crippen molar-refractivity contribution in [2.45, 2.75) is 38.8 Å². The highest BCUT2D eigenvalue weighted by molar-refractivity contribution is 5.78. The minimum Gasteiger partial charge on any atom is -0.377 e. The highest BCUT2D eigenvalue weighted by Crippen LogP contribution is 2.19. The molecule has 1 N–H and O–H groups in total. The predicted octanol–water partition coefficient (Wildman–Crippen LogP) is 3.18. The third-order valence-electron chi connectivity index (χ3n) is 3.89. The van der Waals surface area contributed by atoms with Crippen LogP contribution in [-0.4, -0.2) is 30.3 Å². The van der Waals surface area contributed by atoms with E-state index < -0.39 is 0 Å². The fourth-order valence-electron chi connectivity index (χ4n) is 2.38. The van der Waals surface area contributed by atoms with Crippen molar-refractivity contribution in [2.75, 3.05) is 13.7 Å². The van der Waals surface area contributed by atoms with E-state index in [1.165, 1.54) is 5.39 Å². The number of fused-ring (bicyclic) bond motifs is 1. The van der Waals surface area contributed by atoms with E-state index >= 15 is 0 Å². The van der Waals surface area contributed by atoms with Crippen LogP contribution in [0.1, 0.15) is 26.5 Å². The average molecular weight is 272 g/mol. The van der Waals surface area contributed by atoms with Gasteiger partial charge < -0.3 is 10.1 Å². The Morgan fingerprint density at radius 1 is 1.20 bits per heavy atom. The van der Waals surface area contributed by atoms with Gasteiger partial charge in [-0.3, -0.25) is 4.98 Å². The number of hydrogen-bond acceptors (Lipinski definition) is 3. The van der Waals surface area contributed by atoms with Crippen molar-refractivity contribution >= 4 is 10.9 Å². The lowest BCUT2D eigenvalue weighted by Crippen LogP contribution is -2.49. The van der Waals surface area contributed by atoms with Crippen molar-refractivity contribution in [1.82, 2.24) is 10.3 Å². The van der Waals surface area contributed by atoms with E-state index in [-0.39, 0.29) is 11.6 Å². The molecular formula is C17H24N2O. The Morgan fingerprint density at radius 2 is 1.95 bits per heavy atom. The molecule has 1 aromatic heterocycles. The number of para-hydroxylation sites is 1. The van der Waals surface area contributed by atoms with Gasteiger partial charge in [0.1, 0.15) is 0 Å². The van der Waals surface area contributed by atoms with Gasteiger partial charge in [0.05, 0.1) is 11.1 Å². The molecule has 1 aromatic carbocycles. The van der Waals surface area contributed by atoms with Crippen molar-refractivity contribution in [3.63, 3.8) is 0 Å². The zero-order valence-corrected chi connectivity index (χ0v) is 12.8. The zero-order chi connectivity index (χ0) is 14.6. The Morgan fingerprint density at radius 3 is 2.65 bits per heavy atom. The third kappa shape index (κ3) is 3.35. The number of nitrogens with one attached hydrogen (secondary N) is 1. The summed E-state index contributed by atoms with van der Waals surface area (Å²) in [6, 6.07) is 12.7. The Labute approximate surface area is 121 Å². The van der Waals surface area contributed by atoms with Gasteiger partial charge in [0, 0.05) is 30.7 Å². The summed E-state index contributed by atoms with van der Waals surface area (Å²) in [6.45, 7) is 7.26. The molecule has 0 saturated carbocycles. The van der Waals surface area contributed by atoms with E-state index in [1.54, 1.807) is 7.11 Å². The van der Waals surface area contributed by atoms with Crippen LogP contribution in [0.15, 0.2) is 36.4 Å². The van der Waals surface area contributed by atoms with Gasteiger partial charge in [-0.1, -0.05) is 31.2 Å². The second-order valence-corrected chi connectivity index (χ2v) is 5.62. The fourth-order valence-corrected chi connectivity index (χ4v) is 2.38. The molecule has 108 valence electrons. The predicted molar refractivity (Wildman–Crippen MR) is 84.0 cm³/mol. The summed E-state index contributed by atoms with van der Waals surface area (Å²) in [5, 5.41) is 4.69. The van der Waals surface area contributed by atoms with Gasteiger partial charge in [0.25, 0.3) is 0 Å². The molecule has 3 nitrogen and oxygen atoms in total. The molecule has 2 aromatic rings. The number of nitrogens with zero attached hydrogens (tertiary/aromatic N) is 1. The molecule has 0 radical (unpaired) electrons. The highest BCUT2D eigenvalue weighted by atomic mass is 16.5. The topological polar surface area (TPSA) is 34.2 Å². The fraction of sp³-hybridized carbons (Fsp3) is 0.471. The maximum absolute atomic E-state index is 5.62. The number of rotatable bonds is 6. The molecule has 0 aliphatic rings. The SMILES string of the molecule is CCNC(Cc1ccc2ccccc2n1)C(C)(C)OC. The molecule has 0 aliphatic carbocycles. The number of benzene rings is 1. The van der Waals surface area contributed by atoms with Crippen LogP contribution in [-0.2, 0) is 11.2 Å². The van der Waals surface area contributed by atoms with Crippen LogP contribution in [0.5, 0.6) is 0 Å². The molecule has 1 heterocycles. The van der Waals surface area contributed by atoms with Gasteiger partial charge >= 0.3 is 0 Å². The van der Waals surface area contributed by atoms with E-state index in [9.17, 15) is 0 Å². The van der Waals surface area contributed by atoms with Gasteiger partial charge in [0.2, 0.25) is 0 Å². The van der Waals surface area contributed by atoms with Crippen LogP contribution in [0.3, 0.4) is 0 Å². The van der Waals surface area contributed by atoms with Crippen molar-refractivity contribution in [3.8, 4) is 0 Å². The minimum atomic E-state index is -0.219. The third-order valence-corrected chi connectivity index (χ3v) is 3.89. The summed E-state index contributed by atoms with van der Waals surface area (Å²) in [5.41, 5.74) is 1.93. The van der Waals surface area contributed by atoms with Crippen LogP contribution < -0.4 is 5.32 Å². The smallest absolute Gasteiger partial charge is 0.0778 e. The van der Waals surface area contributed by atoms with Crippen LogP contribution in [0.4, 0.5) is 0 Å². The maximum atomic E-state index is 5.62. The Kier molecular flexibility index (Phi) is 4.73. The summed E-state index contributed by atoms with van der Waals surface area (Å²) < 4.78 is 5.62. The number of methoxy groups -OCH3 is 1.